The lowest BCUT2D eigenvalue weighted by atomic mass is 10.0. The Kier molecular flexibility index (Phi) is 6.08. The summed E-state index contributed by atoms with van der Waals surface area (Å²) in [6.07, 6.45) is 5.23. The number of hydrogen-bond donors (Lipinski definition) is 1. The van der Waals surface area contributed by atoms with E-state index < -0.39 is 6.10 Å². The molecule has 0 bridgehead atoms. The number of amides is 2. The molecule has 1 unspecified atom stereocenters. The Morgan fingerprint density at radius 2 is 1.84 bits per heavy atom. The molecule has 1 aliphatic heterocycles. The Morgan fingerprint density at radius 3 is 2.56 bits per heavy atom. The topological polar surface area (TPSA) is 60.9 Å². The molecule has 1 aliphatic carbocycles. The van der Waals surface area contributed by atoms with Gasteiger partial charge in [0.2, 0.25) is 11.8 Å². The first-order chi connectivity index (χ1) is 12.1. The Morgan fingerprint density at radius 1 is 1.12 bits per heavy atom. The Hall–Kier alpha value is -1.88. The largest absolute Gasteiger partial charge is 0.389 e. The van der Waals surface area contributed by atoms with Crippen molar-refractivity contribution in [3.05, 3.63) is 35.9 Å². The predicted molar refractivity (Wildman–Crippen MR) is 95.9 cm³/mol. The normalized spacial score (nSPS) is 22.3. The van der Waals surface area contributed by atoms with Gasteiger partial charge in [0, 0.05) is 26.1 Å². The molecular weight excluding hydrogens is 316 g/mol. The Labute approximate surface area is 149 Å². The van der Waals surface area contributed by atoms with Crippen LogP contribution in [0.15, 0.2) is 30.3 Å². The quantitative estimate of drug-likeness (QED) is 0.887. The second-order valence-corrected chi connectivity index (χ2v) is 7.36. The molecule has 1 saturated heterocycles. The van der Waals surface area contributed by atoms with Gasteiger partial charge in [-0.05, 0) is 30.7 Å². The van der Waals surface area contributed by atoms with E-state index in [0.29, 0.717) is 25.4 Å². The maximum absolute atomic E-state index is 12.6. The first-order valence-corrected chi connectivity index (χ1v) is 9.39. The molecule has 1 atom stereocenters. The van der Waals surface area contributed by atoms with Crippen LogP contribution in [0.4, 0.5) is 0 Å². The van der Waals surface area contributed by atoms with Crippen LogP contribution in [0.5, 0.6) is 0 Å². The summed E-state index contributed by atoms with van der Waals surface area (Å²) in [6.45, 7) is 1.24. The molecule has 2 fully saturated rings. The number of carbonyl (C=O) groups excluding carboxylic acids is 2. The lowest BCUT2D eigenvalue weighted by molar-refractivity contribution is -0.139. The molecule has 5 nitrogen and oxygen atoms in total. The fraction of sp³-hybridized carbons (Fsp3) is 0.600. The van der Waals surface area contributed by atoms with Crippen molar-refractivity contribution >= 4 is 11.8 Å². The van der Waals surface area contributed by atoms with E-state index in [2.05, 4.69) is 0 Å². The highest BCUT2D eigenvalue weighted by molar-refractivity contribution is 5.85. The molecule has 3 rings (SSSR count). The van der Waals surface area contributed by atoms with E-state index in [1.807, 2.05) is 30.3 Å². The van der Waals surface area contributed by atoms with Gasteiger partial charge in [0.1, 0.15) is 0 Å². The average Bonchev–Trinajstić information content (AvgIpc) is 3.06. The van der Waals surface area contributed by atoms with Crippen LogP contribution in [0, 0.1) is 5.92 Å². The standard InChI is InChI=1S/C20H28N2O3/c23-18-13-21(11-10-16-6-2-1-3-7-16)20(25)15-22(14-18)19(24)12-17-8-4-5-9-17/h1-3,6-7,17-18,23H,4-5,8-15H2. The van der Waals surface area contributed by atoms with Crippen molar-refractivity contribution in [1.82, 2.24) is 9.80 Å². The summed E-state index contributed by atoms with van der Waals surface area (Å²) in [7, 11) is 0. The van der Waals surface area contributed by atoms with Crippen molar-refractivity contribution in [2.75, 3.05) is 26.2 Å². The molecule has 5 heteroatoms. The van der Waals surface area contributed by atoms with Gasteiger partial charge in [-0.1, -0.05) is 43.2 Å². The molecule has 0 aromatic heterocycles. The third kappa shape index (κ3) is 5.05. The fourth-order valence-electron chi connectivity index (χ4n) is 3.90. The highest BCUT2D eigenvalue weighted by Crippen LogP contribution is 2.28. The number of nitrogens with zero attached hydrogens (tertiary/aromatic N) is 2. The number of β-amino-alcohol motifs (C(OH)–C–C–N with tert-alkyl or cyclic N) is 1. The van der Waals surface area contributed by atoms with Crippen LogP contribution < -0.4 is 0 Å². The minimum Gasteiger partial charge on any atom is -0.389 e. The molecule has 2 amide bonds. The van der Waals surface area contributed by atoms with Crippen LogP contribution in [-0.4, -0.2) is 59.0 Å². The minimum atomic E-state index is -0.672. The van der Waals surface area contributed by atoms with Crippen LogP contribution in [0.2, 0.25) is 0 Å². The summed E-state index contributed by atoms with van der Waals surface area (Å²) in [5.41, 5.74) is 1.17. The fourth-order valence-corrected chi connectivity index (χ4v) is 3.90. The van der Waals surface area contributed by atoms with Crippen LogP contribution in [0.1, 0.15) is 37.7 Å². The number of carbonyl (C=O) groups is 2. The number of benzene rings is 1. The number of aliphatic hydroxyl groups is 1. The van der Waals surface area contributed by atoms with Gasteiger partial charge in [-0.15, -0.1) is 0 Å². The summed E-state index contributed by atoms with van der Waals surface area (Å²) in [4.78, 5) is 28.3. The summed E-state index contributed by atoms with van der Waals surface area (Å²) in [5, 5.41) is 10.3. The first-order valence-electron chi connectivity index (χ1n) is 9.39. The summed E-state index contributed by atoms with van der Waals surface area (Å²) >= 11 is 0. The van der Waals surface area contributed by atoms with Crippen molar-refractivity contribution in [3.8, 4) is 0 Å². The van der Waals surface area contributed by atoms with Gasteiger partial charge in [0.05, 0.1) is 12.6 Å². The van der Waals surface area contributed by atoms with E-state index in [1.54, 1.807) is 9.80 Å². The lowest BCUT2D eigenvalue weighted by Crippen LogP contribution is -2.40. The molecule has 25 heavy (non-hydrogen) atoms. The summed E-state index contributed by atoms with van der Waals surface area (Å²) < 4.78 is 0. The molecule has 2 aliphatic rings. The zero-order valence-corrected chi connectivity index (χ0v) is 14.8. The van der Waals surface area contributed by atoms with E-state index in [0.717, 1.165) is 19.3 Å². The van der Waals surface area contributed by atoms with Crippen LogP contribution in [0.3, 0.4) is 0 Å². The van der Waals surface area contributed by atoms with Gasteiger partial charge in [0.15, 0.2) is 0 Å². The van der Waals surface area contributed by atoms with Crippen LogP contribution in [0.25, 0.3) is 0 Å². The van der Waals surface area contributed by atoms with E-state index in [-0.39, 0.29) is 24.9 Å². The summed E-state index contributed by atoms with van der Waals surface area (Å²) in [6, 6.07) is 10.0. The van der Waals surface area contributed by atoms with Gasteiger partial charge in [-0.25, -0.2) is 0 Å². The van der Waals surface area contributed by atoms with Crippen LogP contribution >= 0.6 is 0 Å². The monoisotopic (exact) mass is 344 g/mol. The van der Waals surface area contributed by atoms with E-state index in [9.17, 15) is 14.7 Å². The minimum absolute atomic E-state index is 0.0178. The van der Waals surface area contributed by atoms with E-state index in [4.69, 9.17) is 0 Å². The molecule has 1 saturated carbocycles. The van der Waals surface area contributed by atoms with Gasteiger partial charge in [0.25, 0.3) is 0 Å². The first kappa shape index (κ1) is 17.9. The van der Waals surface area contributed by atoms with Crippen molar-refractivity contribution in [1.29, 1.82) is 0 Å². The SMILES string of the molecule is O=C1CN(C(=O)CC2CCCC2)CC(O)CN1CCc1ccccc1. The lowest BCUT2D eigenvalue weighted by Gasteiger charge is -2.22. The molecule has 1 N–H and O–H groups in total. The number of hydrogen-bond acceptors (Lipinski definition) is 3. The summed E-state index contributed by atoms with van der Waals surface area (Å²) in [5.74, 6) is 0.411. The van der Waals surface area contributed by atoms with Crippen molar-refractivity contribution in [2.24, 2.45) is 5.92 Å². The van der Waals surface area contributed by atoms with Crippen LogP contribution in [-0.2, 0) is 16.0 Å². The van der Waals surface area contributed by atoms with E-state index >= 15 is 0 Å². The average molecular weight is 344 g/mol. The molecular formula is C20H28N2O3. The molecule has 0 radical (unpaired) electrons. The zero-order chi connectivity index (χ0) is 17.6. The molecule has 1 aromatic carbocycles. The molecule has 0 spiro atoms. The Balaban J connectivity index is 1.55. The van der Waals surface area contributed by atoms with E-state index in [1.165, 1.54) is 18.4 Å². The van der Waals surface area contributed by atoms with Crippen molar-refractivity contribution in [2.45, 2.75) is 44.6 Å². The van der Waals surface area contributed by atoms with Gasteiger partial charge in [-0.3, -0.25) is 9.59 Å². The van der Waals surface area contributed by atoms with Crippen molar-refractivity contribution in [3.63, 3.8) is 0 Å². The van der Waals surface area contributed by atoms with Crippen molar-refractivity contribution < 1.29 is 14.7 Å². The second-order valence-electron chi connectivity index (χ2n) is 7.36. The number of aliphatic hydroxyl groups excluding tert-OH is 1. The van der Waals surface area contributed by atoms with Gasteiger partial charge >= 0.3 is 0 Å². The Bertz CT molecular complexity index is 584. The maximum atomic E-state index is 12.6. The smallest absolute Gasteiger partial charge is 0.242 e. The highest BCUT2D eigenvalue weighted by Gasteiger charge is 2.30. The molecule has 1 heterocycles. The highest BCUT2D eigenvalue weighted by atomic mass is 16.3. The van der Waals surface area contributed by atoms with Gasteiger partial charge < -0.3 is 14.9 Å². The molecule has 1 aromatic rings. The maximum Gasteiger partial charge on any atom is 0.242 e. The third-order valence-electron chi connectivity index (χ3n) is 5.35. The predicted octanol–water partition coefficient (Wildman–Crippen LogP) is 1.84. The second kappa shape index (κ2) is 8.48. The third-order valence-corrected chi connectivity index (χ3v) is 5.35. The number of rotatable bonds is 5. The van der Waals surface area contributed by atoms with Gasteiger partial charge in [-0.2, -0.15) is 0 Å². The zero-order valence-electron chi connectivity index (χ0n) is 14.8. The molecule has 136 valence electrons.